The zero-order valence-electron chi connectivity index (χ0n) is 20.3. The second-order valence-corrected chi connectivity index (χ2v) is 10.9. The van der Waals surface area contributed by atoms with Crippen LogP contribution in [0.5, 0.6) is 0 Å². The van der Waals surface area contributed by atoms with E-state index in [4.69, 9.17) is 27.9 Å². The number of carboxylic acids is 1. The molecule has 0 bridgehead atoms. The molecule has 1 saturated heterocycles. The molecule has 0 saturated carbocycles. The first-order valence-electron chi connectivity index (χ1n) is 12.0. The maximum atomic E-state index is 13.0. The van der Waals surface area contributed by atoms with Crippen LogP contribution < -0.4 is 0 Å². The molecule has 1 aliphatic carbocycles. The van der Waals surface area contributed by atoms with Crippen molar-refractivity contribution in [2.24, 2.45) is 13.0 Å². The normalized spacial score (nSPS) is 18.0. The number of aromatic nitrogens is 1. The summed E-state index contributed by atoms with van der Waals surface area (Å²) in [6.07, 6.45) is 6.23. The standard InChI is InChI=1S/C28H31Cl2NO4/c1-17(2)13-20(27(33)34)18-6-8-19(9-7-18)28(15-35-16-28)12-4-5-25(32)24-14-21-23(31(24)3)11-10-22(29)26(21)30/h4-9,14,17,20H,10-13,15-16H2,1-3H3,(H,33,34)/b5-4+. The zero-order chi connectivity index (χ0) is 25.3. The minimum Gasteiger partial charge on any atom is -0.481 e. The quantitative estimate of drug-likeness (QED) is 0.308. The van der Waals surface area contributed by atoms with Gasteiger partial charge >= 0.3 is 5.97 Å². The van der Waals surface area contributed by atoms with Crippen molar-refractivity contribution in [2.75, 3.05) is 13.2 Å². The van der Waals surface area contributed by atoms with E-state index >= 15 is 0 Å². The molecule has 0 spiro atoms. The molecule has 2 aliphatic rings. The van der Waals surface area contributed by atoms with Crippen LogP contribution in [-0.2, 0) is 28.4 Å². The highest BCUT2D eigenvalue weighted by atomic mass is 35.5. The van der Waals surface area contributed by atoms with Crippen molar-refractivity contribution in [3.8, 4) is 0 Å². The number of aliphatic carboxylic acids is 1. The number of benzene rings is 1. The summed E-state index contributed by atoms with van der Waals surface area (Å²) in [4.78, 5) is 24.7. The minimum atomic E-state index is -0.795. The molecule has 1 aromatic carbocycles. The Kier molecular flexibility index (Phi) is 7.60. The van der Waals surface area contributed by atoms with Gasteiger partial charge in [-0.15, -0.1) is 0 Å². The molecule has 1 aliphatic heterocycles. The predicted molar refractivity (Wildman–Crippen MR) is 139 cm³/mol. The van der Waals surface area contributed by atoms with Crippen LogP contribution in [-0.4, -0.2) is 34.6 Å². The SMILES string of the molecule is CC(C)CC(C(=O)O)c1ccc(C2(C/C=C/C(=O)c3cc4c(n3C)CCC(Cl)=C4Cl)COC2)cc1. The highest BCUT2D eigenvalue weighted by Gasteiger charge is 2.39. The number of hydrogen-bond donors (Lipinski definition) is 1. The fourth-order valence-corrected chi connectivity index (χ4v) is 5.46. The summed E-state index contributed by atoms with van der Waals surface area (Å²) in [6, 6.07) is 9.67. The molecule has 0 radical (unpaired) electrons. The number of carbonyl (C=O) groups is 2. The number of carbonyl (C=O) groups excluding carboxylic acids is 1. The Bertz CT molecular complexity index is 1190. The lowest BCUT2D eigenvalue weighted by Gasteiger charge is -2.41. The summed E-state index contributed by atoms with van der Waals surface area (Å²) in [5.74, 6) is -1.09. The van der Waals surface area contributed by atoms with Crippen LogP contribution in [0.25, 0.3) is 5.03 Å². The first kappa shape index (κ1) is 25.7. The number of nitrogens with zero attached hydrogens (tertiary/aromatic N) is 1. The average Bonchev–Trinajstić information content (AvgIpc) is 3.13. The summed E-state index contributed by atoms with van der Waals surface area (Å²) >= 11 is 12.6. The van der Waals surface area contributed by atoms with E-state index in [-0.39, 0.29) is 11.2 Å². The van der Waals surface area contributed by atoms with Gasteiger partial charge in [0.15, 0.2) is 0 Å². The average molecular weight is 516 g/mol. The number of halogens is 2. The van der Waals surface area contributed by atoms with E-state index in [0.717, 1.165) is 28.8 Å². The first-order chi connectivity index (χ1) is 16.6. The molecule has 1 aromatic heterocycles. The van der Waals surface area contributed by atoms with Gasteiger partial charge < -0.3 is 14.4 Å². The molecule has 2 heterocycles. The maximum Gasteiger partial charge on any atom is 0.310 e. The Morgan fingerprint density at radius 3 is 2.43 bits per heavy atom. The molecule has 1 atom stereocenters. The van der Waals surface area contributed by atoms with E-state index in [1.54, 1.807) is 6.08 Å². The smallest absolute Gasteiger partial charge is 0.310 e. The van der Waals surface area contributed by atoms with Gasteiger partial charge in [-0.3, -0.25) is 9.59 Å². The monoisotopic (exact) mass is 515 g/mol. The van der Waals surface area contributed by atoms with Gasteiger partial charge in [0.2, 0.25) is 5.78 Å². The van der Waals surface area contributed by atoms with E-state index in [1.807, 2.05) is 61.9 Å². The van der Waals surface area contributed by atoms with Crippen molar-refractivity contribution in [1.29, 1.82) is 0 Å². The van der Waals surface area contributed by atoms with E-state index in [1.165, 1.54) is 0 Å². The Morgan fingerprint density at radius 1 is 1.17 bits per heavy atom. The van der Waals surface area contributed by atoms with Crippen molar-refractivity contribution in [2.45, 2.75) is 50.9 Å². The van der Waals surface area contributed by atoms with Crippen LogP contribution in [0.2, 0.25) is 0 Å². The molecule has 1 fully saturated rings. The molecule has 5 nitrogen and oxygen atoms in total. The molecule has 0 amide bonds. The lowest BCUT2D eigenvalue weighted by molar-refractivity contribution is -0.139. The van der Waals surface area contributed by atoms with Crippen LogP contribution in [0, 0.1) is 5.92 Å². The molecule has 1 unspecified atom stereocenters. The van der Waals surface area contributed by atoms with E-state index < -0.39 is 11.9 Å². The van der Waals surface area contributed by atoms with Gasteiger partial charge in [0.25, 0.3) is 0 Å². The molecule has 7 heteroatoms. The highest BCUT2D eigenvalue weighted by Crippen LogP contribution is 2.39. The summed E-state index contributed by atoms with van der Waals surface area (Å²) in [6.45, 7) is 5.20. The van der Waals surface area contributed by atoms with E-state index in [2.05, 4.69) is 0 Å². The largest absolute Gasteiger partial charge is 0.481 e. The molecule has 4 rings (SSSR count). The van der Waals surface area contributed by atoms with E-state index in [0.29, 0.717) is 54.2 Å². The number of ketones is 1. The molecule has 1 N–H and O–H groups in total. The number of fused-ring (bicyclic) bond motifs is 1. The Morgan fingerprint density at radius 2 is 1.86 bits per heavy atom. The predicted octanol–water partition coefficient (Wildman–Crippen LogP) is 6.43. The molecule has 186 valence electrons. The van der Waals surface area contributed by atoms with Crippen molar-refractivity contribution in [3.05, 3.63) is 75.6 Å². The van der Waals surface area contributed by atoms with Crippen molar-refractivity contribution >= 4 is 40.0 Å². The zero-order valence-corrected chi connectivity index (χ0v) is 21.8. The number of ether oxygens (including phenoxy) is 1. The van der Waals surface area contributed by atoms with Gasteiger partial charge in [0.05, 0.1) is 29.9 Å². The lowest BCUT2D eigenvalue weighted by atomic mass is 9.75. The van der Waals surface area contributed by atoms with Gasteiger partial charge in [-0.2, -0.15) is 0 Å². The van der Waals surface area contributed by atoms with Gasteiger partial charge in [0.1, 0.15) is 0 Å². The summed E-state index contributed by atoms with van der Waals surface area (Å²) < 4.78 is 7.46. The third-order valence-electron chi connectivity index (χ3n) is 7.13. The summed E-state index contributed by atoms with van der Waals surface area (Å²) in [5.41, 5.74) is 4.15. The van der Waals surface area contributed by atoms with Crippen molar-refractivity contribution in [3.63, 3.8) is 0 Å². The van der Waals surface area contributed by atoms with Crippen LogP contribution in [0.3, 0.4) is 0 Å². The van der Waals surface area contributed by atoms with Gasteiger partial charge in [-0.25, -0.2) is 0 Å². The third kappa shape index (κ3) is 5.13. The third-order valence-corrected chi connectivity index (χ3v) is 8.04. The summed E-state index contributed by atoms with van der Waals surface area (Å²) in [5, 5.41) is 10.8. The molecular formula is C28H31Cl2NO4. The topological polar surface area (TPSA) is 68.5 Å². The van der Waals surface area contributed by atoms with Crippen LogP contribution >= 0.6 is 23.2 Å². The van der Waals surface area contributed by atoms with Gasteiger partial charge in [-0.05, 0) is 54.9 Å². The second kappa shape index (κ2) is 10.3. The van der Waals surface area contributed by atoms with Crippen molar-refractivity contribution < 1.29 is 19.4 Å². The molecular weight excluding hydrogens is 485 g/mol. The van der Waals surface area contributed by atoms with Crippen LogP contribution in [0.15, 0.2) is 47.5 Å². The first-order valence-corrected chi connectivity index (χ1v) is 12.7. The summed E-state index contributed by atoms with van der Waals surface area (Å²) in [7, 11) is 1.88. The lowest BCUT2D eigenvalue weighted by Crippen LogP contribution is -2.46. The Balaban J connectivity index is 1.48. The minimum absolute atomic E-state index is 0.0776. The van der Waals surface area contributed by atoms with Crippen LogP contribution in [0.4, 0.5) is 0 Å². The maximum absolute atomic E-state index is 13.0. The van der Waals surface area contributed by atoms with E-state index in [9.17, 15) is 14.7 Å². The number of allylic oxidation sites excluding steroid dienone is 3. The molecule has 2 aromatic rings. The molecule has 35 heavy (non-hydrogen) atoms. The second-order valence-electron chi connectivity index (χ2n) is 10.1. The Labute approximate surface area is 216 Å². The van der Waals surface area contributed by atoms with Crippen LogP contribution in [0.1, 0.15) is 71.9 Å². The van der Waals surface area contributed by atoms with Crippen molar-refractivity contribution in [1.82, 2.24) is 4.57 Å². The van der Waals surface area contributed by atoms with Gasteiger partial charge in [0, 0.05) is 28.8 Å². The number of hydrogen-bond acceptors (Lipinski definition) is 3. The fraction of sp³-hybridized carbons (Fsp3) is 0.429. The Hall–Kier alpha value is -2.34. The highest BCUT2D eigenvalue weighted by molar-refractivity contribution is 6.55. The fourth-order valence-electron chi connectivity index (χ4n) is 5.00. The number of rotatable bonds is 9. The van der Waals surface area contributed by atoms with Gasteiger partial charge in [-0.1, -0.05) is 67.4 Å². The number of carboxylic acid groups (broad SMARTS) is 1.